The SMILES string of the molecule is CCCOc1ccc(/C=N/NC(=S)Nc2ccc(OC)cc2)c(OCCC)c1. The van der Waals surface area contributed by atoms with Crippen molar-refractivity contribution < 1.29 is 14.2 Å². The van der Waals surface area contributed by atoms with Crippen molar-refractivity contribution in [1.29, 1.82) is 0 Å². The van der Waals surface area contributed by atoms with Crippen molar-refractivity contribution in [3.8, 4) is 17.2 Å². The number of methoxy groups -OCH3 is 1. The van der Waals surface area contributed by atoms with Crippen LogP contribution in [0.3, 0.4) is 0 Å². The summed E-state index contributed by atoms with van der Waals surface area (Å²) in [6.45, 7) is 5.44. The van der Waals surface area contributed by atoms with Crippen LogP contribution in [0.25, 0.3) is 0 Å². The normalized spacial score (nSPS) is 10.5. The lowest BCUT2D eigenvalue weighted by Gasteiger charge is -2.11. The second-order valence-electron chi connectivity index (χ2n) is 5.95. The molecule has 0 radical (unpaired) electrons. The number of hydrogen-bond acceptors (Lipinski definition) is 5. The van der Waals surface area contributed by atoms with E-state index in [0.717, 1.165) is 41.3 Å². The van der Waals surface area contributed by atoms with Crippen LogP contribution in [0, 0.1) is 0 Å². The highest BCUT2D eigenvalue weighted by molar-refractivity contribution is 7.80. The van der Waals surface area contributed by atoms with Crippen LogP contribution in [0.5, 0.6) is 17.2 Å². The molecule has 0 aromatic heterocycles. The molecule has 2 N–H and O–H groups in total. The van der Waals surface area contributed by atoms with Crippen molar-refractivity contribution in [1.82, 2.24) is 5.43 Å². The molecule has 0 spiro atoms. The Bertz CT molecular complexity index is 779. The molecule has 0 saturated carbocycles. The van der Waals surface area contributed by atoms with E-state index >= 15 is 0 Å². The van der Waals surface area contributed by atoms with Crippen LogP contribution < -0.4 is 25.0 Å². The molecule has 2 rings (SSSR count). The number of ether oxygens (including phenoxy) is 3. The molecule has 7 heteroatoms. The third-order valence-electron chi connectivity index (χ3n) is 3.64. The summed E-state index contributed by atoms with van der Waals surface area (Å²) in [5.41, 5.74) is 4.50. The maximum atomic E-state index is 5.82. The Morgan fingerprint density at radius 1 is 1.00 bits per heavy atom. The Balaban J connectivity index is 1.97. The third-order valence-corrected chi connectivity index (χ3v) is 3.83. The van der Waals surface area contributed by atoms with E-state index in [4.69, 9.17) is 26.4 Å². The Kier molecular flexibility index (Phi) is 9.07. The van der Waals surface area contributed by atoms with E-state index in [0.29, 0.717) is 18.3 Å². The number of nitrogens with one attached hydrogen (secondary N) is 2. The van der Waals surface area contributed by atoms with Crippen LogP contribution >= 0.6 is 12.2 Å². The van der Waals surface area contributed by atoms with Gasteiger partial charge in [-0.25, -0.2) is 0 Å². The van der Waals surface area contributed by atoms with Gasteiger partial charge in [-0.3, -0.25) is 5.43 Å². The summed E-state index contributed by atoms with van der Waals surface area (Å²) in [5.74, 6) is 2.30. The average molecular weight is 402 g/mol. The minimum absolute atomic E-state index is 0.389. The molecule has 0 heterocycles. The predicted molar refractivity (Wildman–Crippen MR) is 118 cm³/mol. The van der Waals surface area contributed by atoms with E-state index in [1.54, 1.807) is 13.3 Å². The molecule has 0 unspecified atom stereocenters. The van der Waals surface area contributed by atoms with Crippen molar-refractivity contribution in [3.63, 3.8) is 0 Å². The van der Waals surface area contributed by atoms with Gasteiger partial charge in [0.1, 0.15) is 17.2 Å². The number of anilines is 1. The molecule has 0 saturated heterocycles. The predicted octanol–water partition coefficient (Wildman–Crippen LogP) is 4.59. The third kappa shape index (κ3) is 7.08. The van der Waals surface area contributed by atoms with Crippen molar-refractivity contribution in [2.24, 2.45) is 5.10 Å². The molecular formula is C21H27N3O3S. The van der Waals surface area contributed by atoms with Crippen molar-refractivity contribution in [2.45, 2.75) is 26.7 Å². The highest BCUT2D eigenvalue weighted by Gasteiger charge is 2.05. The van der Waals surface area contributed by atoms with E-state index < -0.39 is 0 Å². The van der Waals surface area contributed by atoms with Crippen LogP contribution in [0.15, 0.2) is 47.6 Å². The Hall–Kier alpha value is -2.80. The number of benzene rings is 2. The van der Waals surface area contributed by atoms with Gasteiger partial charge in [-0.1, -0.05) is 13.8 Å². The molecule has 6 nitrogen and oxygen atoms in total. The largest absolute Gasteiger partial charge is 0.497 e. The molecule has 0 fully saturated rings. The highest BCUT2D eigenvalue weighted by Crippen LogP contribution is 2.24. The zero-order valence-electron chi connectivity index (χ0n) is 16.5. The van der Waals surface area contributed by atoms with E-state index in [-0.39, 0.29) is 0 Å². The van der Waals surface area contributed by atoms with Crippen LogP contribution in [-0.2, 0) is 0 Å². The van der Waals surface area contributed by atoms with E-state index in [2.05, 4.69) is 29.7 Å². The van der Waals surface area contributed by atoms with Gasteiger partial charge in [0.25, 0.3) is 0 Å². The van der Waals surface area contributed by atoms with Gasteiger partial charge < -0.3 is 19.5 Å². The lowest BCUT2D eigenvalue weighted by Crippen LogP contribution is -2.23. The van der Waals surface area contributed by atoms with E-state index in [1.165, 1.54) is 0 Å². The quantitative estimate of drug-likeness (QED) is 0.345. The first-order chi connectivity index (χ1) is 13.7. The molecule has 0 aliphatic heterocycles. The van der Waals surface area contributed by atoms with Crippen molar-refractivity contribution >= 4 is 29.2 Å². The van der Waals surface area contributed by atoms with Crippen molar-refractivity contribution in [3.05, 3.63) is 48.0 Å². The fourth-order valence-corrected chi connectivity index (χ4v) is 2.43. The van der Waals surface area contributed by atoms with Gasteiger partial charge >= 0.3 is 0 Å². The van der Waals surface area contributed by atoms with Gasteiger partial charge in [-0.05, 0) is 61.5 Å². The van der Waals surface area contributed by atoms with Gasteiger partial charge in [0.2, 0.25) is 0 Å². The first-order valence-electron chi connectivity index (χ1n) is 9.30. The Morgan fingerprint density at radius 3 is 2.36 bits per heavy atom. The van der Waals surface area contributed by atoms with E-state index in [9.17, 15) is 0 Å². The Morgan fingerprint density at radius 2 is 1.68 bits per heavy atom. The molecule has 2 aromatic rings. The van der Waals surface area contributed by atoms with Crippen molar-refractivity contribution in [2.75, 3.05) is 25.6 Å². The molecule has 0 amide bonds. The molecule has 0 aliphatic rings. The molecule has 0 atom stereocenters. The Labute approximate surface area is 171 Å². The summed E-state index contributed by atoms with van der Waals surface area (Å²) in [4.78, 5) is 0. The zero-order chi connectivity index (χ0) is 20.2. The molecule has 150 valence electrons. The highest BCUT2D eigenvalue weighted by atomic mass is 32.1. The minimum atomic E-state index is 0.389. The summed E-state index contributed by atoms with van der Waals surface area (Å²) in [7, 11) is 1.63. The topological polar surface area (TPSA) is 64.1 Å². The lowest BCUT2D eigenvalue weighted by atomic mass is 10.2. The molecule has 2 aromatic carbocycles. The second kappa shape index (κ2) is 11.8. The van der Waals surface area contributed by atoms with Gasteiger partial charge in [0, 0.05) is 17.3 Å². The summed E-state index contributed by atoms with van der Waals surface area (Å²) in [6.07, 6.45) is 3.55. The summed E-state index contributed by atoms with van der Waals surface area (Å²) in [6, 6.07) is 13.2. The molecular weight excluding hydrogens is 374 g/mol. The first-order valence-corrected chi connectivity index (χ1v) is 9.70. The molecule has 0 bridgehead atoms. The zero-order valence-corrected chi connectivity index (χ0v) is 17.3. The lowest BCUT2D eigenvalue weighted by molar-refractivity contribution is 0.301. The van der Waals surface area contributed by atoms with Gasteiger partial charge in [-0.2, -0.15) is 5.10 Å². The minimum Gasteiger partial charge on any atom is -0.497 e. The number of hydrazone groups is 1. The first kappa shape index (κ1) is 21.5. The number of nitrogens with zero attached hydrogens (tertiary/aromatic N) is 1. The monoisotopic (exact) mass is 401 g/mol. The summed E-state index contributed by atoms with van der Waals surface area (Å²) in [5, 5.41) is 7.66. The number of hydrogen-bond donors (Lipinski definition) is 2. The summed E-state index contributed by atoms with van der Waals surface area (Å²) >= 11 is 5.27. The molecule has 28 heavy (non-hydrogen) atoms. The van der Waals surface area contributed by atoms with Gasteiger partial charge in [-0.15, -0.1) is 0 Å². The number of thiocarbonyl (C=S) groups is 1. The van der Waals surface area contributed by atoms with Crippen LogP contribution in [-0.4, -0.2) is 31.7 Å². The van der Waals surface area contributed by atoms with Crippen LogP contribution in [0.4, 0.5) is 5.69 Å². The standard InChI is InChI=1S/C21H27N3O3S/c1-4-12-26-19-9-6-16(20(14-19)27-13-5-2)15-22-24-21(28)23-17-7-10-18(25-3)11-8-17/h6-11,14-15H,4-5,12-13H2,1-3H3,(H2,23,24,28)/b22-15+. The van der Waals surface area contributed by atoms with Gasteiger partial charge in [0.15, 0.2) is 5.11 Å². The maximum absolute atomic E-state index is 5.82. The average Bonchev–Trinajstić information content (AvgIpc) is 2.72. The van der Waals surface area contributed by atoms with Crippen LogP contribution in [0.1, 0.15) is 32.3 Å². The molecule has 0 aliphatic carbocycles. The fourth-order valence-electron chi connectivity index (χ4n) is 2.26. The fraction of sp³-hybridized carbons (Fsp3) is 0.333. The summed E-state index contributed by atoms with van der Waals surface area (Å²) < 4.78 is 16.6. The van der Waals surface area contributed by atoms with Gasteiger partial charge in [0.05, 0.1) is 26.5 Å². The second-order valence-corrected chi connectivity index (χ2v) is 6.36. The maximum Gasteiger partial charge on any atom is 0.191 e. The number of rotatable bonds is 10. The van der Waals surface area contributed by atoms with Crippen LogP contribution in [0.2, 0.25) is 0 Å². The van der Waals surface area contributed by atoms with E-state index in [1.807, 2.05) is 42.5 Å². The smallest absolute Gasteiger partial charge is 0.191 e.